The molecule has 0 saturated heterocycles. The summed E-state index contributed by atoms with van der Waals surface area (Å²) in [5.41, 5.74) is 0.584. The number of hydrogen-bond donors (Lipinski definition) is 0. The van der Waals surface area contributed by atoms with Gasteiger partial charge in [-0.2, -0.15) is 5.10 Å². The fourth-order valence-corrected chi connectivity index (χ4v) is 1.72. The average molecular weight is 244 g/mol. The van der Waals surface area contributed by atoms with E-state index in [-0.39, 0.29) is 5.78 Å². The third kappa shape index (κ3) is 2.77. The molecule has 1 heterocycles. The molecule has 0 N–H and O–H groups in total. The van der Waals surface area contributed by atoms with Crippen molar-refractivity contribution in [2.24, 2.45) is 0 Å². The van der Waals surface area contributed by atoms with Crippen LogP contribution in [0.25, 0.3) is 0 Å². The van der Waals surface area contributed by atoms with Crippen LogP contribution in [0.1, 0.15) is 30.6 Å². The number of carbonyl (C=O) groups excluding carboxylic acids is 1. The van der Waals surface area contributed by atoms with Gasteiger partial charge >= 0.3 is 0 Å². The summed E-state index contributed by atoms with van der Waals surface area (Å²) in [5, 5.41) is 4.18. The highest BCUT2D eigenvalue weighted by molar-refractivity contribution is 5.96. The molecule has 1 aromatic heterocycles. The second kappa shape index (κ2) is 5.49. The van der Waals surface area contributed by atoms with Gasteiger partial charge in [0.1, 0.15) is 5.75 Å². The van der Waals surface area contributed by atoms with Crippen molar-refractivity contribution >= 4 is 5.78 Å². The van der Waals surface area contributed by atoms with Crippen molar-refractivity contribution in [2.75, 3.05) is 0 Å². The van der Waals surface area contributed by atoms with Gasteiger partial charge in [-0.3, -0.25) is 9.48 Å². The highest BCUT2D eigenvalue weighted by Crippen LogP contribution is 2.25. The number of aromatic nitrogens is 2. The molecule has 0 atom stereocenters. The first-order valence-electron chi connectivity index (χ1n) is 6.01. The first kappa shape index (κ1) is 12.4. The lowest BCUT2D eigenvalue weighted by molar-refractivity contribution is 0.101. The maximum Gasteiger partial charge on any atom is 0.165 e. The molecule has 0 radical (unpaired) electrons. The summed E-state index contributed by atoms with van der Waals surface area (Å²) >= 11 is 0. The van der Waals surface area contributed by atoms with E-state index in [0.717, 1.165) is 13.0 Å². The number of benzene rings is 1. The normalized spacial score (nSPS) is 10.3. The highest BCUT2D eigenvalue weighted by Gasteiger charge is 2.09. The molecule has 1 aromatic carbocycles. The minimum absolute atomic E-state index is 0.00782. The molecule has 2 rings (SSSR count). The third-order valence-corrected chi connectivity index (χ3v) is 2.56. The largest absolute Gasteiger partial charge is 0.453 e. The van der Waals surface area contributed by atoms with E-state index in [4.69, 9.17) is 4.74 Å². The van der Waals surface area contributed by atoms with Crippen molar-refractivity contribution in [1.29, 1.82) is 0 Å². The topological polar surface area (TPSA) is 44.1 Å². The van der Waals surface area contributed by atoms with E-state index in [1.807, 2.05) is 23.0 Å². The van der Waals surface area contributed by atoms with Crippen LogP contribution in [0.15, 0.2) is 36.7 Å². The summed E-state index contributed by atoms with van der Waals surface area (Å²) in [5.74, 6) is 1.21. The van der Waals surface area contributed by atoms with Crippen LogP contribution in [0.4, 0.5) is 0 Å². The zero-order valence-electron chi connectivity index (χ0n) is 10.6. The average Bonchev–Trinajstić information content (AvgIpc) is 2.77. The number of ether oxygens (including phenoxy) is 1. The van der Waals surface area contributed by atoms with Gasteiger partial charge in [-0.25, -0.2) is 0 Å². The molecule has 0 spiro atoms. The Bertz CT molecular complexity index is 546. The van der Waals surface area contributed by atoms with Gasteiger partial charge in [0.2, 0.25) is 0 Å². The van der Waals surface area contributed by atoms with E-state index in [9.17, 15) is 4.79 Å². The minimum Gasteiger partial charge on any atom is -0.453 e. The van der Waals surface area contributed by atoms with Crippen LogP contribution >= 0.6 is 0 Å². The van der Waals surface area contributed by atoms with Crippen molar-refractivity contribution in [3.05, 3.63) is 42.2 Å². The number of hydrogen-bond acceptors (Lipinski definition) is 3. The number of Topliss-reactive ketones (excluding diaryl/α,β-unsaturated/α-hetero) is 1. The van der Waals surface area contributed by atoms with E-state index < -0.39 is 0 Å². The van der Waals surface area contributed by atoms with Crippen molar-refractivity contribution in [1.82, 2.24) is 9.78 Å². The minimum atomic E-state index is -0.00782. The third-order valence-electron chi connectivity index (χ3n) is 2.56. The van der Waals surface area contributed by atoms with Crippen LogP contribution in [-0.2, 0) is 6.54 Å². The molecule has 0 unspecified atom stereocenters. The number of carbonyl (C=O) groups is 1. The Morgan fingerprint density at radius 3 is 2.89 bits per heavy atom. The maximum atomic E-state index is 11.5. The van der Waals surface area contributed by atoms with E-state index in [2.05, 4.69) is 12.0 Å². The Hall–Kier alpha value is -2.10. The van der Waals surface area contributed by atoms with Crippen LogP contribution in [-0.4, -0.2) is 15.6 Å². The van der Waals surface area contributed by atoms with Crippen LogP contribution in [0.3, 0.4) is 0 Å². The molecular weight excluding hydrogens is 228 g/mol. The lowest BCUT2D eigenvalue weighted by atomic mass is 10.1. The standard InChI is InChI=1S/C14H16N2O2/c1-3-8-16-10-12(9-15-16)18-14-7-5-4-6-13(14)11(2)17/h4-7,9-10H,3,8H2,1-2H3. The van der Waals surface area contributed by atoms with E-state index in [1.165, 1.54) is 6.92 Å². The molecule has 0 fully saturated rings. The van der Waals surface area contributed by atoms with E-state index in [0.29, 0.717) is 17.1 Å². The monoisotopic (exact) mass is 244 g/mol. The molecule has 0 saturated carbocycles. The molecule has 18 heavy (non-hydrogen) atoms. The molecule has 2 aromatic rings. The summed E-state index contributed by atoms with van der Waals surface area (Å²) in [7, 11) is 0. The van der Waals surface area contributed by atoms with Gasteiger partial charge in [-0.15, -0.1) is 0 Å². The Labute approximate surface area is 106 Å². The zero-order chi connectivity index (χ0) is 13.0. The first-order valence-corrected chi connectivity index (χ1v) is 6.01. The lowest BCUT2D eigenvalue weighted by Crippen LogP contribution is -1.97. The second-order valence-electron chi connectivity index (χ2n) is 4.09. The van der Waals surface area contributed by atoms with Crippen molar-refractivity contribution in [3.8, 4) is 11.5 Å². The number of para-hydroxylation sites is 1. The number of rotatable bonds is 5. The van der Waals surface area contributed by atoms with Crippen molar-refractivity contribution in [3.63, 3.8) is 0 Å². The predicted octanol–water partition coefficient (Wildman–Crippen LogP) is 3.29. The quantitative estimate of drug-likeness (QED) is 0.758. The predicted molar refractivity (Wildman–Crippen MR) is 69.0 cm³/mol. The van der Waals surface area contributed by atoms with Gasteiger partial charge in [-0.1, -0.05) is 19.1 Å². The smallest absolute Gasteiger partial charge is 0.165 e. The summed E-state index contributed by atoms with van der Waals surface area (Å²) in [6.07, 6.45) is 4.51. The number of aryl methyl sites for hydroxylation is 1. The SMILES string of the molecule is CCCn1cc(Oc2ccccc2C(C)=O)cn1. The van der Waals surface area contributed by atoms with E-state index in [1.54, 1.807) is 18.3 Å². The molecule has 4 nitrogen and oxygen atoms in total. The highest BCUT2D eigenvalue weighted by atomic mass is 16.5. The Kier molecular flexibility index (Phi) is 3.77. The van der Waals surface area contributed by atoms with Gasteiger partial charge in [0.05, 0.1) is 18.0 Å². The summed E-state index contributed by atoms with van der Waals surface area (Å²) in [6, 6.07) is 7.21. The Morgan fingerprint density at radius 2 is 2.17 bits per heavy atom. The van der Waals surface area contributed by atoms with Crippen LogP contribution in [0.5, 0.6) is 11.5 Å². The number of ketones is 1. The van der Waals surface area contributed by atoms with Gasteiger partial charge in [0.25, 0.3) is 0 Å². The maximum absolute atomic E-state index is 11.5. The molecular formula is C14H16N2O2. The number of nitrogens with zero attached hydrogens (tertiary/aromatic N) is 2. The molecule has 94 valence electrons. The molecule has 0 amide bonds. The Balaban J connectivity index is 2.20. The van der Waals surface area contributed by atoms with Crippen LogP contribution in [0.2, 0.25) is 0 Å². The van der Waals surface area contributed by atoms with Gasteiger partial charge in [0.15, 0.2) is 11.5 Å². The summed E-state index contributed by atoms with van der Waals surface area (Å²) < 4.78 is 7.52. The zero-order valence-corrected chi connectivity index (χ0v) is 10.6. The van der Waals surface area contributed by atoms with Crippen molar-refractivity contribution in [2.45, 2.75) is 26.8 Å². The van der Waals surface area contributed by atoms with Crippen molar-refractivity contribution < 1.29 is 9.53 Å². The Morgan fingerprint density at radius 1 is 1.39 bits per heavy atom. The lowest BCUT2D eigenvalue weighted by Gasteiger charge is -2.06. The summed E-state index contributed by atoms with van der Waals surface area (Å²) in [6.45, 7) is 4.48. The second-order valence-corrected chi connectivity index (χ2v) is 4.09. The van der Waals surface area contributed by atoms with E-state index >= 15 is 0 Å². The fourth-order valence-electron chi connectivity index (χ4n) is 1.72. The first-order chi connectivity index (χ1) is 8.70. The van der Waals surface area contributed by atoms with Crippen LogP contribution in [0, 0.1) is 0 Å². The van der Waals surface area contributed by atoms with Gasteiger partial charge in [-0.05, 0) is 25.5 Å². The molecule has 4 heteroatoms. The van der Waals surface area contributed by atoms with Gasteiger partial charge < -0.3 is 4.74 Å². The fraction of sp³-hybridized carbons (Fsp3) is 0.286. The molecule has 0 aliphatic heterocycles. The van der Waals surface area contributed by atoms with Crippen LogP contribution < -0.4 is 4.74 Å². The van der Waals surface area contributed by atoms with Gasteiger partial charge in [0, 0.05) is 6.54 Å². The molecule has 0 bridgehead atoms. The molecule has 0 aliphatic carbocycles. The summed E-state index contributed by atoms with van der Waals surface area (Å²) in [4.78, 5) is 11.5. The molecule has 0 aliphatic rings.